The molecule has 2 N–H and O–H groups in total. The Labute approximate surface area is 220 Å². The number of halogens is 1. The lowest BCUT2D eigenvalue weighted by molar-refractivity contribution is 0.0950. The standard InChI is InChI=1S/C28H28ClN5OS/c1-18-6-5-7-19(14-18)26-27(20-12-13-30-24(15-20)33-22-8-3-2-4-9-22)36-25(34-26)17-32-28(35)21-10-11-23(29)31-16-21/h5-7,10-16,22H,2-4,8-9,17H2,1H3,(H,30,33)(H,32,35). The van der Waals surface area contributed by atoms with Crippen LogP contribution in [0.3, 0.4) is 0 Å². The van der Waals surface area contributed by atoms with E-state index in [-0.39, 0.29) is 5.91 Å². The zero-order chi connectivity index (χ0) is 24.9. The minimum absolute atomic E-state index is 0.212. The van der Waals surface area contributed by atoms with Gasteiger partial charge in [0, 0.05) is 24.0 Å². The van der Waals surface area contributed by atoms with E-state index in [2.05, 4.69) is 51.8 Å². The summed E-state index contributed by atoms with van der Waals surface area (Å²) in [5.41, 5.74) is 4.67. The number of thiazole rings is 1. The molecule has 1 amide bonds. The van der Waals surface area contributed by atoms with Gasteiger partial charge in [-0.25, -0.2) is 15.0 Å². The molecule has 0 atom stereocenters. The molecule has 8 heteroatoms. The van der Waals surface area contributed by atoms with Gasteiger partial charge in [0.05, 0.1) is 22.7 Å². The summed E-state index contributed by atoms with van der Waals surface area (Å²) in [5, 5.41) is 7.77. The van der Waals surface area contributed by atoms with Crippen molar-refractivity contribution in [3.63, 3.8) is 0 Å². The number of nitrogens with one attached hydrogen (secondary N) is 2. The van der Waals surface area contributed by atoms with E-state index < -0.39 is 0 Å². The van der Waals surface area contributed by atoms with Crippen LogP contribution in [0.2, 0.25) is 5.15 Å². The number of pyridine rings is 2. The number of aryl methyl sites for hydroxylation is 1. The summed E-state index contributed by atoms with van der Waals surface area (Å²) >= 11 is 7.43. The van der Waals surface area contributed by atoms with E-state index in [1.165, 1.54) is 43.9 Å². The van der Waals surface area contributed by atoms with Gasteiger partial charge in [0.2, 0.25) is 0 Å². The van der Waals surface area contributed by atoms with E-state index in [0.29, 0.717) is 23.3 Å². The predicted octanol–water partition coefficient (Wildman–Crippen LogP) is 6.90. The molecule has 1 aliphatic rings. The summed E-state index contributed by atoms with van der Waals surface area (Å²) in [6.07, 6.45) is 9.56. The summed E-state index contributed by atoms with van der Waals surface area (Å²) in [6, 6.07) is 16.2. The van der Waals surface area contributed by atoms with Crippen molar-refractivity contribution in [3.8, 4) is 21.7 Å². The highest BCUT2D eigenvalue weighted by atomic mass is 35.5. The molecule has 36 heavy (non-hydrogen) atoms. The summed E-state index contributed by atoms with van der Waals surface area (Å²) in [5.74, 6) is 0.684. The van der Waals surface area contributed by atoms with Crippen molar-refractivity contribution in [2.45, 2.75) is 51.6 Å². The topological polar surface area (TPSA) is 79.8 Å². The predicted molar refractivity (Wildman–Crippen MR) is 146 cm³/mol. The SMILES string of the molecule is Cc1cccc(-c2nc(CNC(=O)c3ccc(Cl)nc3)sc2-c2ccnc(NC3CCCCC3)c2)c1. The largest absolute Gasteiger partial charge is 0.367 e. The second-order valence-electron chi connectivity index (χ2n) is 9.12. The molecule has 0 saturated heterocycles. The van der Waals surface area contributed by atoms with Gasteiger partial charge >= 0.3 is 0 Å². The van der Waals surface area contributed by atoms with Gasteiger partial charge in [-0.15, -0.1) is 11.3 Å². The molecule has 0 radical (unpaired) electrons. The summed E-state index contributed by atoms with van der Waals surface area (Å²) < 4.78 is 0. The monoisotopic (exact) mass is 517 g/mol. The zero-order valence-corrected chi connectivity index (χ0v) is 21.7. The highest BCUT2D eigenvalue weighted by Gasteiger charge is 2.18. The number of amides is 1. The van der Waals surface area contributed by atoms with Gasteiger partial charge in [-0.1, -0.05) is 54.6 Å². The third-order valence-corrected chi connectivity index (χ3v) is 7.66. The van der Waals surface area contributed by atoms with Crippen LogP contribution in [-0.4, -0.2) is 26.9 Å². The van der Waals surface area contributed by atoms with Gasteiger partial charge in [-0.2, -0.15) is 0 Å². The number of nitrogens with zero attached hydrogens (tertiary/aromatic N) is 3. The molecular formula is C28H28ClN5OS. The third kappa shape index (κ3) is 5.91. The fraction of sp³-hybridized carbons (Fsp3) is 0.286. The van der Waals surface area contributed by atoms with Gasteiger partial charge in [-0.3, -0.25) is 4.79 Å². The van der Waals surface area contributed by atoms with Gasteiger partial charge < -0.3 is 10.6 Å². The van der Waals surface area contributed by atoms with Crippen LogP contribution in [0.1, 0.15) is 53.0 Å². The van der Waals surface area contributed by atoms with Crippen LogP contribution in [0.15, 0.2) is 60.9 Å². The second-order valence-corrected chi connectivity index (χ2v) is 10.6. The van der Waals surface area contributed by atoms with Crippen LogP contribution in [0.4, 0.5) is 5.82 Å². The number of rotatable bonds is 7. The summed E-state index contributed by atoms with van der Waals surface area (Å²) in [6.45, 7) is 2.40. The molecule has 6 nitrogen and oxygen atoms in total. The maximum atomic E-state index is 12.6. The first-order chi connectivity index (χ1) is 17.5. The van der Waals surface area contributed by atoms with E-state index in [9.17, 15) is 4.79 Å². The minimum Gasteiger partial charge on any atom is -0.367 e. The Morgan fingerprint density at radius 3 is 2.69 bits per heavy atom. The van der Waals surface area contributed by atoms with Gasteiger partial charge in [0.1, 0.15) is 16.0 Å². The van der Waals surface area contributed by atoms with Crippen molar-refractivity contribution in [1.29, 1.82) is 0 Å². The molecule has 1 saturated carbocycles. The Kier molecular flexibility index (Phi) is 7.58. The molecule has 0 unspecified atom stereocenters. The molecule has 3 aromatic heterocycles. The molecule has 4 aromatic rings. The lowest BCUT2D eigenvalue weighted by Crippen LogP contribution is -2.22. The number of hydrogen-bond donors (Lipinski definition) is 2. The fourth-order valence-electron chi connectivity index (χ4n) is 4.50. The minimum atomic E-state index is -0.212. The first-order valence-corrected chi connectivity index (χ1v) is 13.4. The van der Waals surface area contributed by atoms with Crippen LogP contribution in [0.5, 0.6) is 0 Å². The van der Waals surface area contributed by atoms with Crippen molar-refractivity contribution in [3.05, 3.63) is 82.2 Å². The zero-order valence-electron chi connectivity index (χ0n) is 20.1. The fourth-order valence-corrected chi connectivity index (χ4v) is 5.63. The number of aromatic nitrogens is 3. The van der Waals surface area contributed by atoms with Crippen molar-refractivity contribution in [2.24, 2.45) is 0 Å². The van der Waals surface area contributed by atoms with E-state index in [1.54, 1.807) is 23.5 Å². The first-order valence-electron chi connectivity index (χ1n) is 12.2. The molecule has 184 valence electrons. The van der Waals surface area contributed by atoms with Crippen LogP contribution in [-0.2, 0) is 6.54 Å². The maximum Gasteiger partial charge on any atom is 0.253 e. The molecule has 1 fully saturated rings. The Morgan fingerprint density at radius 2 is 1.92 bits per heavy atom. The molecule has 5 rings (SSSR count). The van der Waals surface area contributed by atoms with E-state index in [1.807, 2.05) is 18.3 Å². The average molecular weight is 518 g/mol. The van der Waals surface area contributed by atoms with Crippen LogP contribution in [0, 0.1) is 6.92 Å². The number of carbonyl (C=O) groups excluding carboxylic acids is 1. The van der Waals surface area contributed by atoms with Crippen LogP contribution < -0.4 is 10.6 Å². The molecule has 0 aliphatic heterocycles. The number of hydrogen-bond acceptors (Lipinski definition) is 6. The van der Waals surface area contributed by atoms with Crippen molar-refractivity contribution in [2.75, 3.05) is 5.32 Å². The lowest BCUT2D eigenvalue weighted by Gasteiger charge is -2.23. The van der Waals surface area contributed by atoms with Crippen LogP contribution in [0.25, 0.3) is 21.7 Å². The Hall–Kier alpha value is -3.29. The number of benzene rings is 1. The van der Waals surface area contributed by atoms with Crippen molar-refractivity contribution in [1.82, 2.24) is 20.3 Å². The average Bonchev–Trinajstić information content (AvgIpc) is 3.33. The summed E-state index contributed by atoms with van der Waals surface area (Å²) in [7, 11) is 0. The Balaban J connectivity index is 1.42. The number of carbonyl (C=O) groups is 1. The molecule has 0 spiro atoms. The highest BCUT2D eigenvalue weighted by molar-refractivity contribution is 7.15. The molecule has 1 aromatic carbocycles. The van der Waals surface area contributed by atoms with Crippen molar-refractivity contribution >= 4 is 34.7 Å². The first kappa shape index (κ1) is 24.4. The van der Waals surface area contributed by atoms with Gasteiger partial charge in [0.15, 0.2) is 0 Å². The van der Waals surface area contributed by atoms with Crippen molar-refractivity contribution < 1.29 is 4.79 Å². The molecular weight excluding hydrogens is 490 g/mol. The van der Waals surface area contributed by atoms with E-state index in [4.69, 9.17) is 16.6 Å². The van der Waals surface area contributed by atoms with Crippen LogP contribution >= 0.6 is 22.9 Å². The smallest absolute Gasteiger partial charge is 0.253 e. The summed E-state index contributed by atoms with van der Waals surface area (Å²) in [4.78, 5) is 27.2. The Morgan fingerprint density at radius 1 is 1.06 bits per heavy atom. The third-order valence-electron chi connectivity index (χ3n) is 6.33. The Bertz CT molecular complexity index is 1350. The van der Waals surface area contributed by atoms with E-state index in [0.717, 1.165) is 32.5 Å². The van der Waals surface area contributed by atoms with E-state index >= 15 is 0 Å². The molecule has 3 heterocycles. The quantitative estimate of drug-likeness (QED) is 0.260. The van der Waals surface area contributed by atoms with Gasteiger partial charge in [0.25, 0.3) is 5.91 Å². The molecule has 1 aliphatic carbocycles. The second kappa shape index (κ2) is 11.2. The maximum absolute atomic E-state index is 12.6. The number of anilines is 1. The lowest BCUT2D eigenvalue weighted by atomic mass is 9.95. The van der Waals surface area contributed by atoms with Gasteiger partial charge in [-0.05, 0) is 55.7 Å². The highest BCUT2D eigenvalue weighted by Crippen LogP contribution is 2.38. The molecule has 0 bridgehead atoms. The normalized spacial score (nSPS) is 13.9.